The van der Waals surface area contributed by atoms with Gasteiger partial charge in [0.15, 0.2) is 0 Å². The van der Waals surface area contributed by atoms with Gasteiger partial charge in [-0.15, -0.1) is 0 Å². The predicted molar refractivity (Wildman–Crippen MR) is 80.9 cm³/mol. The highest BCUT2D eigenvalue weighted by molar-refractivity contribution is 9.10. The van der Waals surface area contributed by atoms with Gasteiger partial charge in [-0.3, -0.25) is 0 Å². The molecule has 2 aromatic rings. The second kappa shape index (κ2) is 6.10. The molecular weight excluding hydrogens is 334 g/mol. The van der Waals surface area contributed by atoms with Gasteiger partial charge in [0, 0.05) is 10.7 Å². The van der Waals surface area contributed by atoms with Crippen LogP contribution >= 0.6 is 15.9 Å². The number of hydrogen-bond donors (Lipinski definition) is 0. The molecule has 0 bridgehead atoms. The summed E-state index contributed by atoms with van der Waals surface area (Å²) in [7, 11) is 0. The Labute approximate surface area is 131 Å². The van der Waals surface area contributed by atoms with Gasteiger partial charge < -0.3 is 4.74 Å². The molecule has 5 nitrogen and oxygen atoms in total. The summed E-state index contributed by atoms with van der Waals surface area (Å²) in [4.78, 5) is 11.9. The topological polar surface area (TPSA) is 67.9 Å². The Bertz CT molecular complexity index is 701. The van der Waals surface area contributed by atoms with E-state index in [9.17, 15) is 4.79 Å². The van der Waals surface area contributed by atoms with Crippen LogP contribution in [0.2, 0.25) is 0 Å². The normalized spacial score (nSPS) is 11.0. The van der Waals surface area contributed by atoms with Crippen molar-refractivity contribution < 1.29 is 9.53 Å². The van der Waals surface area contributed by atoms with Gasteiger partial charge in [0.25, 0.3) is 0 Å². The molecule has 0 spiro atoms. The zero-order chi connectivity index (χ0) is 15.5. The van der Waals surface area contributed by atoms with Crippen LogP contribution < -0.4 is 0 Å². The first-order chi connectivity index (χ1) is 9.91. The monoisotopic (exact) mass is 347 g/mol. The van der Waals surface area contributed by atoms with Crippen LogP contribution in [0.5, 0.6) is 0 Å². The molecule has 0 aliphatic rings. The minimum Gasteiger partial charge on any atom is -0.460 e. The molecular formula is C15H14BrN3O2. The second-order valence-electron chi connectivity index (χ2n) is 5.23. The smallest absolute Gasteiger partial charge is 0.341 e. The van der Waals surface area contributed by atoms with Gasteiger partial charge in [-0.1, -0.05) is 22.0 Å². The molecule has 1 aromatic heterocycles. The molecule has 1 heterocycles. The van der Waals surface area contributed by atoms with Crippen LogP contribution in [0.3, 0.4) is 0 Å². The molecule has 21 heavy (non-hydrogen) atoms. The van der Waals surface area contributed by atoms with Crippen LogP contribution in [0.1, 0.15) is 24.2 Å². The van der Waals surface area contributed by atoms with Gasteiger partial charge in [0.1, 0.15) is 6.61 Å². The zero-order valence-corrected chi connectivity index (χ0v) is 13.3. The van der Waals surface area contributed by atoms with Crippen molar-refractivity contribution in [2.75, 3.05) is 6.61 Å². The summed E-state index contributed by atoms with van der Waals surface area (Å²) < 4.78 is 7.65. The molecule has 0 saturated carbocycles. The average molecular weight is 348 g/mol. The fourth-order valence-electron chi connectivity index (χ4n) is 1.55. The minimum atomic E-state index is -0.698. The summed E-state index contributed by atoms with van der Waals surface area (Å²) >= 11 is 3.39. The summed E-state index contributed by atoms with van der Waals surface area (Å²) in [5.41, 5.74) is 0.486. The molecule has 0 unspecified atom stereocenters. The van der Waals surface area contributed by atoms with Crippen molar-refractivity contribution in [2.45, 2.75) is 13.8 Å². The van der Waals surface area contributed by atoms with Gasteiger partial charge in [-0.2, -0.15) is 10.4 Å². The zero-order valence-electron chi connectivity index (χ0n) is 11.7. The molecule has 1 aromatic carbocycles. The van der Waals surface area contributed by atoms with Crippen LogP contribution in [0.25, 0.3) is 5.69 Å². The molecule has 0 radical (unpaired) electrons. The van der Waals surface area contributed by atoms with E-state index < -0.39 is 11.4 Å². The highest BCUT2D eigenvalue weighted by Crippen LogP contribution is 2.17. The van der Waals surface area contributed by atoms with E-state index in [-0.39, 0.29) is 6.61 Å². The third kappa shape index (κ3) is 3.92. The first kappa shape index (κ1) is 15.3. The molecule has 0 fully saturated rings. The first-order valence-corrected chi connectivity index (χ1v) is 7.09. The summed E-state index contributed by atoms with van der Waals surface area (Å²) in [5, 5.41) is 13.0. The molecule has 0 saturated heterocycles. The van der Waals surface area contributed by atoms with Crippen molar-refractivity contribution in [1.82, 2.24) is 9.78 Å². The van der Waals surface area contributed by atoms with Crippen molar-refractivity contribution in [3.63, 3.8) is 0 Å². The Morgan fingerprint density at radius 2 is 2.29 bits per heavy atom. The van der Waals surface area contributed by atoms with Gasteiger partial charge in [0.2, 0.25) is 0 Å². The lowest BCUT2D eigenvalue weighted by atomic mass is 9.98. The number of nitrogens with zero attached hydrogens (tertiary/aromatic N) is 3. The fraction of sp³-hybridized carbons (Fsp3) is 0.267. The number of nitriles is 1. The Balaban J connectivity index is 2.10. The average Bonchev–Trinajstić information content (AvgIpc) is 2.95. The lowest BCUT2D eigenvalue weighted by Gasteiger charge is -2.14. The number of halogens is 1. The van der Waals surface area contributed by atoms with Gasteiger partial charge in [0.05, 0.1) is 28.9 Å². The van der Waals surface area contributed by atoms with E-state index >= 15 is 0 Å². The summed E-state index contributed by atoms with van der Waals surface area (Å²) in [5.74, 6) is -0.487. The van der Waals surface area contributed by atoms with E-state index in [1.54, 1.807) is 24.7 Å². The molecule has 108 valence electrons. The van der Waals surface area contributed by atoms with Crippen molar-refractivity contribution >= 4 is 21.9 Å². The number of ether oxygens (including phenoxy) is 1. The molecule has 0 amide bonds. The van der Waals surface area contributed by atoms with E-state index in [0.717, 1.165) is 10.2 Å². The van der Waals surface area contributed by atoms with E-state index in [2.05, 4.69) is 27.1 Å². The minimum absolute atomic E-state index is 0.0460. The maximum absolute atomic E-state index is 11.9. The number of carbonyl (C=O) groups is 1. The molecule has 0 aliphatic carbocycles. The molecule has 0 atom stereocenters. The SMILES string of the molecule is CC(C)(C#N)COC(=O)c1cnn(-c2cccc(Br)c2)c1. The number of carbonyl (C=O) groups excluding carboxylic acids is 1. The van der Waals surface area contributed by atoms with E-state index in [0.29, 0.717) is 5.56 Å². The highest BCUT2D eigenvalue weighted by atomic mass is 79.9. The molecule has 0 N–H and O–H groups in total. The summed E-state index contributed by atoms with van der Waals surface area (Å²) in [6.45, 7) is 3.47. The van der Waals surface area contributed by atoms with Gasteiger partial charge in [-0.25, -0.2) is 9.48 Å². The Kier molecular flexibility index (Phi) is 4.43. The van der Waals surface area contributed by atoms with Crippen LogP contribution in [0, 0.1) is 16.7 Å². The molecule has 2 rings (SSSR count). The van der Waals surface area contributed by atoms with E-state index in [1.807, 2.05) is 24.3 Å². The Hall–Kier alpha value is -2.13. The van der Waals surface area contributed by atoms with Gasteiger partial charge >= 0.3 is 5.97 Å². The lowest BCUT2D eigenvalue weighted by Crippen LogP contribution is -2.19. The van der Waals surface area contributed by atoms with E-state index in [1.165, 1.54) is 6.20 Å². The van der Waals surface area contributed by atoms with Crippen LogP contribution in [-0.4, -0.2) is 22.4 Å². The number of benzene rings is 1. The standard InChI is InChI=1S/C15H14BrN3O2/c1-15(2,9-17)10-21-14(20)11-7-18-19(8-11)13-5-3-4-12(16)6-13/h3-8H,10H2,1-2H3. The van der Waals surface area contributed by atoms with E-state index in [4.69, 9.17) is 10.00 Å². The number of rotatable bonds is 4. The Morgan fingerprint density at radius 1 is 1.52 bits per heavy atom. The van der Waals surface area contributed by atoms with Crippen LogP contribution in [0.4, 0.5) is 0 Å². The molecule has 0 aliphatic heterocycles. The second-order valence-corrected chi connectivity index (χ2v) is 6.14. The number of hydrogen-bond acceptors (Lipinski definition) is 4. The summed E-state index contributed by atoms with van der Waals surface area (Å²) in [6, 6.07) is 9.64. The van der Waals surface area contributed by atoms with Crippen molar-refractivity contribution in [1.29, 1.82) is 5.26 Å². The van der Waals surface area contributed by atoms with Crippen LogP contribution in [-0.2, 0) is 4.74 Å². The fourth-order valence-corrected chi connectivity index (χ4v) is 1.94. The molecule has 6 heteroatoms. The van der Waals surface area contributed by atoms with Crippen LogP contribution in [0.15, 0.2) is 41.1 Å². The van der Waals surface area contributed by atoms with Gasteiger partial charge in [-0.05, 0) is 32.0 Å². The first-order valence-electron chi connectivity index (χ1n) is 6.30. The number of aromatic nitrogens is 2. The van der Waals surface area contributed by atoms with Crippen molar-refractivity contribution in [3.05, 3.63) is 46.7 Å². The largest absolute Gasteiger partial charge is 0.460 e. The highest BCUT2D eigenvalue weighted by Gasteiger charge is 2.20. The predicted octanol–water partition coefficient (Wildman–Crippen LogP) is 3.34. The van der Waals surface area contributed by atoms with Crippen molar-refractivity contribution in [2.24, 2.45) is 5.41 Å². The Morgan fingerprint density at radius 3 is 2.95 bits per heavy atom. The summed E-state index contributed by atoms with van der Waals surface area (Å²) in [6.07, 6.45) is 3.05. The lowest BCUT2D eigenvalue weighted by molar-refractivity contribution is 0.0407. The maximum Gasteiger partial charge on any atom is 0.341 e. The number of esters is 1. The third-order valence-corrected chi connectivity index (χ3v) is 3.25. The van der Waals surface area contributed by atoms with Crippen molar-refractivity contribution in [3.8, 4) is 11.8 Å². The third-order valence-electron chi connectivity index (χ3n) is 2.76. The quantitative estimate of drug-likeness (QED) is 0.795. The maximum atomic E-state index is 11.9.